The Kier molecular flexibility index (Phi) is 7.60. The lowest BCUT2D eigenvalue weighted by Gasteiger charge is -2.23. The molecule has 5 rings (SSSR count). The molecule has 0 aliphatic carbocycles. The van der Waals surface area contributed by atoms with Crippen LogP contribution >= 0.6 is 15.9 Å². The Morgan fingerprint density at radius 1 is 1.05 bits per heavy atom. The minimum atomic E-state index is -0.962. The molecule has 0 unspecified atom stereocenters. The van der Waals surface area contributed by atoms with Gasteiger partial charge < -0.3 is 14.8 Å². The fourth-order valence-electron chi connectivity index (χ4n) is 5.03. The average molecular weight is 588 g/mol. The van der Waals surface area contributed by atoms with E-state index in [0.717, 1.165) is 26.5 Å². The molecular weight excluding hydrogens is 562 g/mol. The monoisotopic (exact) mass is 587 g/mol. The minimum Gasteiger partial charge on any atom is -0.496 e. The van der Waals surface area contributed by atoms with Crippen molar-refractivity contribution in [3.05, 3.63) is 98.7 Å². The van der Waals surface area contributed by atoms with Gasteiger partial charge in [-0.25, -0.2) is 5.01 Å². The first kappa shape index (κ1) is 26.4. The molecule has 198 valence electrons. The van der Waals surface area contributed by atoms with Crippen LogP contribution in [0.15, 0.2) is 87.2 Å². The number of aliphatic carboxylic acids is 1. The number of hydrazone groups is 1. The standard InChI is InChI=1S/C30H26BrN3O5/c1-39-25-11-6-5-10-20(25)24-17-23(33-34(24)26(35)12-7-13-27(36)37)29-28(18-8-3-2-4-9-18)21-16-19(31)14-15-22(21)32-30(29)38/h2-6,8-11,14-16,24H,7,12-13,17H2,1H3,(H,32,38)(H,36,37)/t24-/m0/s1. The van der Waals surface area contributed by atoms with Gasteiger partial charge in [-0.2, -0.15) is 5.10 Å². The molecule has 9 heteroatoms. The van der Waals surface area contributed by atoms with Crippen LogP contribution in [0.25, 0.3) is 22.0 Å². The van der Waals surface area contributed by atoms with Crippen LogP contribution in [0, 0.1) is 0 Å². The van der Waals surface area contributed by atoms with Gasteiger partial charge in [-0.1, -0.05) is 64.5 Å². The second-order valence-electron chi connectivity index (χ2n) is 9.25. The predicted octanol–water partition coefficient (Wildman–Crippen LogP) is 5.90. The molecule has 1 amide bonds. The van der Waals surface area contributed by atoms with E-state index < -0.39 is 12.0 Å². The number of fused-ring (bicyclic) bond motifs is 1. The zero-order valence-electron chi connectivity index (χ0n) is 21.2. The van der Waals surface area contributed by atoms with Crippen molar-refractivity contribution in [2.75, 3.05) is 7.11 Å². The van der Waals surface area contributed by atoms with E-state index >= 15 is 0 Å². The Bertz CT molecular complexity index is 1650. The maximum absolute atomic E-state index is 13.6. The third kappa shape index (κ3) is 5.35. The van der Waals surface area contributed by atoms with E-state index in [-0.39, 0.29) is 37.1 Å². The summed E-state index contributed by atoms with van der Waals surface area (Å²) in [5.41, 5.74) is 3.59. The maximum Gasteiger partial charge on any atom is 0.303 e. The number of aromatic amines is 1. The highest BCUT2D eigenvalue weighted by atomic mass is 79.9. The number of carbonyl (C=O) groups is 2. The van der Waals surface area contributed by atoms with Crippen molar-refractivity contribution in [1.29, 1.82) is 0 Å². The summed E-state index contributed by atoms with van der Waals surface area (Å²) in [6.07, 6.45) is 0.371. The molecule has 0 saturated heterocycles. The third-order valence-electron chi connectivity index (χ3n) is 6.77. The van der Waals surface area contributed by atoms with Crippen LogP contribution in [0.4, 0.5) is 0 Å². The molecule has 1 atom stereocenters. The van der Waals surface area contributed by atoms with Crippen molar-refractivity contribution in [3.8, 4) is 16.9 Å². The Labute approximate surface area is 233 Å². The van der Waals surface area contributed by atoms with Crippen molar-refractivity contribution in [2.45, 2.75) is 31.7 Å². The molecule has 1 aromatic heterocycles. The van der Waals surface area contributed by atoms with Gasteiger partial charge in [0.1, 0.15) is 5.75 Å². The molecule has 0 bridgehead atoms. The molecule has 4 aromatic rings. The molecule has 0 fully saturated rings. The normalized spacial score (nSPS) is 14.9. The van der Waals surface area contributed by atoms with Crippen molar-refractivity contribution >= 4 is 44.4 Å². The summed E-state index contributed by atoms with van der Waals surface area (Å²) in [5.74, 6) is -0.679. The Balaban J connectivity index is 1.68. The van der Waals surface area contributed by atoms with Gasteiger partial charge in [-0.05, 0) is 36.2 Å². The average Bonchev–Trinajstić information content (AvgIpc) is 3.37. The highest BCUT2D eigenvalue weighted by Gasteiger charge is 2.36. The van der Waals surface area contributed by atoms with Crippen LogP contribution in [0.2, 0.25) is 0 Å². The summed E-state index contributed by atoms with van der Waals surface area (Å²) in [7, 11) is 1.56. The molecule has 1 aliphatic heterocycles. The number of H-pyrrole nitrogens is 1. The molecule has 3 aromatic carbocycles. The van der Waals surface area contributed by atoms with Crippen LogP contribution in [-0.4, -0.2) is 39.8 Å². The van der Waals surface area contributed by atoms with Gasteiger partial charge >= 0.3 is 5.97 Å². The minimum absolute atomic E-state index is 0.0152. The van der Waals surface area contributed by atoms with Crippen molar-refractivity contribution < 1.29 is 19.4 Å². The summed E-state index contributed by atoms with van der Waals surface area (Å²) in [6, 6.07) is 22.2. The smallest absolute Gasteiger partial charge is 0.303 e. The van der Waals surface area contributed by atoms with Crippen molar-refractivity contribution in [2.24, 2.45) is 5.10 Å². The number of para-hydroxylation sites is 1. The number of benzene rings is 3. The number of methoxy groups -OCH3 is 1. The molecule has 0 saturated carbocycles. The van der Waals surface area contributed by atoms with Gasteiger partial charge in [-0.15, -0.1) is 0 Å². The summed E-state index contributed by atoms with van der Waals surface area (Å²) in [5, 5.41) is 16.0. The summed E-state index contributed by atoms with van der Waals surface area (Å²) < 4.78 is 6.45. The number of ether oxygens (including phenoxy) is 1. The quantitative estimate of drug-likeness (QED) is 0.266. The third-order valence-corrected chi connectivity index (χ3v) is 7.27. The number of halogens is 1. The molecule has 0 spiro atoms. The van der Waals surface area contributed by atoms with E-state index in [4.69, 9.17) is 14.9 Å². The highest BCUT2D eigenvalue weighted by Crippen LogP contribution is 2.40. The number of nitrogens with zero attached hydrogens (tertiary/aromatic N) is 2. The van der Waals surface area contributed by atoms with Crippen LogP contribution in [0.1, 0.15) is 42.9 Å². The Morgan fingerprint density at radius 3 is 2.54 bits per heavy atom. The van der Waals surface area contributed by atoms with Gasteiger partial charge in [0.15, 0.2) is 0 Å². The van der Waals surface area contributed by atoms with Crippen LogP contribution < -0.4 is 10.3 Å². The number of hydrogen-bond donors (Lipinski definition) is 2. The van der Waals surface area contributed by atoms with E-state index in [1.807, 2.05) is 72.8 Å². The number of carbonyl (C=O) groups excluding carboxylic acids is 1. The lowest BCUT2D eigenvalue weighted by Crippen LogP contribution is -2.27. The number of aromatic nitrogens is 1. The topological polar surface area (TPSA) is 112 Å². The largest absolute Gasteiger partial charge is 0.496 e. The first-order chi connectivity index (χ1) is 18.9. The van der Waals surface area contributed by atoms with E-state index in [1.54, 1.807) is 7.11 Å². The number of amides is 1. The molecule has 2 N–H and O–H groups in total. The van der Waals surface area contributed by atoms with Crippen molar-refractivity contribution in [1.82, 2.24) is 9.99 Å². The second kappa shape index (κ2) is 11.2. The zero-order valence-corrected chi connectivity index (χ0v) is 22.8. The van der Waals surface area contributed by atoms with E-state index in [0.29, 0.717) is 22.5 Å². The number of pyridine rings is 1. The Hall–Kier alpha value is -4.24. The number of carboxylic acid groups (broad SMARTS) is 1. The number of hydrogen-bond acceptors (Lipinski definition) is 5. The lowest BCUT2D eigenvalue weighted by molar-refractivity contribution is -0.137. The van der Waals surface area contributed by atoms with Gasteiger partial charge in [0.2, 0.25) is 5.91 Å². The zero-order chi connectivity index (χ0) is 27.5. The van der Waals surface area contributed by atoms with E-state index in [9.17, 15) is 14.4 Å². The highest BCUT2D eigenvalue weighted by molar-refractivity contribution is 9.10. The lowest BCUT2D eigenvalue weighted by atomic mass is 9.91. The fraction of sp³-hybridized carbons (Fsp3) is 0.200. The predicted molar refractivity (Wildman–Crippen MR) is 153 cm³/mol. The molecular formula is C30H26BrN3O5. The Morgan fingerprint density at radius 2 is 1.79 bits per heavy atom. The van der Waals surface area contributed by atoms with E-state index in [2.05, 4.69) is 20.9 Å². The van der Waals surface area contributed by atoms with Crippen molar-refractivity contribution in [3.63, 3.8) is 0 Å². The maximum atomic E-state index is 13.6. The molecule has 2 heterocycles. The number of nitrogens with one attached hydrogen (secondary N) is 1. The van der Waals surface area contributed by atoms with Crippen LogP contribution in [0.5, 0.6) is 5.75 Å². The van der Waals surface area contributed by atoms with E-state index in [1.165, 1.54) is 5.01 Å². The summed E-state index contributed by atoms with van der Waals surface area (Å²) in [4.78, 5) is 41.1. The molecule has 39 heavy (non-hydrogen) atoms. The summed E-state index contributed by atoms with van der Waals surface area (Å²) in [6.45, 7) is 0. The SMILES string of the molecule is COc1ccccc1[C@@H]1CC(c2c(-c3ccccc3)c3cc(Br)ccc3[nH]c2=O)=NN1C(=O)CCCC(=O)O. The molecule has 0 radical (unpaired) electrons. The van der Waals surface area contributed by atoms with Crippen LogP contribution in [0.3, 0.4) is 0 Å². The first-order valence-corrected chi connectivity index (χ1v) is 13.3. The second-order valence-corrected chi connectivity index (χ2v) is 10.2. The fourth-order valence-corrected chi connectivity index (χ4v) is 5.39. The van der Waals surface area contributed by atoms with Gasteiger partial charge in [-0.3, -0.25) is 14.4 Å². The summed E-state index contributed by atoms with van der Waals surface area (Å²) >= 11 is 3.55. The van der Waals surface area contributed by atoms with Gasteiger partial charge in [0, 0.05) is 45.8 Å². The van der Waals surface area contributed by atoms with Crippen LogP contribution in [-0.2, 0) is 9.59 Å². The molecule has 1 aliphatic rings. The first-order valence-electron chi connectivity index (χ1n) is 12.5. The number of carboxylic acids is 1. The number of rotatable bonds is 8. The van der Waals surface area contributed by atoms with Gasteiger partial charge in [0.25, 0.3) is 5.56 Å². The van der Waals surface area contributed by atoms with Gasteiger partial charge in [0.05, 0.1) is 24.4 Å². The molecule has 8 nitrogen and oxygen atoms in total.